The van der Waals surface area contributed by atoms with Crippen molar-refractivity contribution < 1.29 is 9.59 Å². The van der Waals surface area contributed by atoms with Gasteiger partial charge in [-0.15, -0.1) is 12.4 Å². The molecule has 0 spiro atoms. The third kappa shape index (κ3) is 6.82. The van der Waals surface area contributed by atoms with Gasteiger partial charge in [0.1, 0.15) is 0 Å². The van der Waals surface area contributed by atoms with Crippen LogP contribution in [0.3, 0.4) is 0 Å². The van der Waals surface area contributed by atoms with Gasteiger partial charge in [0.2, 0.25) is 11.8 Å². The molecule has 1 aliphatic rings. The molecule has 27 heavy (non-hydrogen) atoms. The number of nitrogens with two attached hydrogens (primary N) is 1. The number of para-hydroxylation sites is 1. The van der Waals surface area contributed by atoms with Gasteiger partial charge in [0.15, 0.2) is 0 Å². The first kappa shape index (κ1) is 23.4. The van der Waals surface area contributed by atoms with Crippen molar-refractivity contribution in [2.45, 2.75) is 58.8 Å². The van der Waals surface area contributed by atoms with Crippen LogP contribution in [0.15, 0.2) is 24.3 Å². The molecule has 0 atom stereocenters. The topological polar surface area (TPSA) is 75.4 Å². The van der Waals surface area contributed by atoms with Gasteiger partial charge >= 0.3 is 0 Å². The Labute approximate surface area is 169 Å². The van der Waals surface area contributed by atoms with Gasteiger partial charge in [-0.1, -0.05) is 44.4 Å². The second kappa shape index (κ2) is 11.3. The molecule has 6 heteroatoms. The summed E-state index contributed by atoms with van der Waals surface area (Å²) in [5, 5.41) is 2.92. The highest BCUT2D eigenvalue weighted by molar-refractivity contribution is 5.95. The first-order valence-corrected chi connectivity index (χ1v) is 9.83. The van der Waals surface area contributed by atoms with Gasteiger partial charge in [-0.3, -0.25) is 9.59 Å². The Bertz CT molecular complexity index is 615. The van der Waals surface area contributed by atoms with Crippen LogP contribution in [-0.4, -0.2) is 36.3 Å². The van der Waals surface area contributed by atoms with Crippen LogP contribution in [0, 0.1) is 12.3 Å². The van der Waals surface area contributed by atoms with Crippen LogP contribution < -0.4 is 11.1 Å². The number of anilines is 1. The fourth-order valence-corrected chi connectivity index (χ4v) is 3.83. The highest BCUT2D eigenvalue weighted by atomic mass is 35.5. The Balaban J connectivity index is 0.00000364. The first-order valence-electron chi connectivity index (χ1n) is 9.83. The van der Waals surface area contributed by atoms with Crippen molar-refractivity contribution in [1.29, 1.82) is 0 Å². The predicted molar refractivity (Wildman–Crippen MR) is 113 cm³/mol. The molecule has 1 aliphatic carbocycles. The molecule has 0 saturated heterocycles. The van der Waals surface area contributed by atoms with Gasteiger partial charge in [0, 0.05) is 18.7 Å². The van der Waals surface area contributed by atoms with Gasteiger partial charge in [0.25, 0.3) is 0 Å². The van der Waals surface area contributed by atoms with Crippen LogP contribution >= 0.6 is 12.4 Å². The number of halogens is 1. The van der Waals surface area contributed by atoms with Gasteiger partial charge in [-0.05, 0) is 49.8 Å². The Hall–Kier alpha value is -1.59. The quantitative estimate of drug-likeness (QED) is 0.701. The molecule has 0 aliphatic heterocycles. The van der Waals surface area contributed by atoms with Crippen LogP contribution in [0.25, 0.3) is 0 Å². The summed E-state index contributed by atoms with van der Waals surface area (Å²) >= 11 is 0. The first-order chi connectivity index (χ1) is 12.5. The maximum atomic E-state index is 12.9. The molecular weight excluding hydrogens is 362 g/mol. The predicted octanol–water partition coefficient (Wildman–Crippen LogP) is 3.89. The molecule has 2 rings (SSSR count). The average Bonchev–Trinajstić information content (AvgIpc) is 2.64. The number of hydrogen-bond acceptors (Lipinski definition) is 3. The lowest BCUT2D eigenvalue weighted by atomic mass is 9.71. The molecule has 5 nitrogen and oxygen atoms in total. The lowest BCUT2D eigenvalue weighted by Gasteiger charge is -2.37. The second-order valence-corrected chi connectivity index (χ2v) is 7.62. The summed E-state index contributed by atoms with van der Waals surface area (Å²) < 4.78 is 0. The van der Waals surface area contributed by atoms with Crippen molar-refractivity contribution in [3.05, 3.63) is 29.8 Å². The number of aryl methyl sites for hydroxylation is 1. The lowest BCUT2D eigenvalue weighted by Crippen LogP contribution is -2.43. The van der Waals surface area contributed by atoms with Crippen LogP contribution in [-0.2, 0) is 9.59 Å². The van der Waals surface area contributed by atoms with Crippen molar-refractivity contribution in [1.82, 2.24) is 4.90 Å². The minimum absolute atomic E-state index is 0. The summed E-state index contributed by atoms with van der Waals surface area (Å²) in [7, 11) is 0. The smallest absolute Gasteiger partial charge is 0.244 e. The maximum absolute atomic E-state index is 12.9. The van der Waals surface area contributed by atoms with Crippen molar-refractivity contribution in [2.75, 3.05) is 25.0 Å². The van der Waals surface area contributed by atoms with Crippen LogP contribution in [0.1, 0.15) is 57.4 Å². The van der Waals surface area contributed by atoms with Crippen molar-refractivity contribution in [2.24, 2.45) is 11.1 Å². The Morgan fingerprint density at radius 2 is 1.85 bits per heavy atom. The van der Waals surface area contributed by atoms with Crippen molar-refractivity contribution >= 4 is 29.9 Å². The Morgan fingerprint density at radius 1 is 1.19 bits per heavy atom. The zero-order valence-electron chi connectivity index (χ0n) is 16.6. The molecule has 1 aromatic rings. The number of rotatable bonds is 8. The molecule has 0 heterocycles. The third-order valence-corrected chi connectivity index (χ3v) is 5.47. The number of carbonyl (C=O) groups is 2. The zero-order valence-corrected chi connectivity index (χ0v) is 17.4. The van der Waals surface area contributed by atoms with E-state index in [-0.39, 0.29) is 36.2 Å². The molecule has 3 N–H and O–H groups in total. The standard InChI is InChI=1S/C21H33N3O2.ClH/c1-3-13-24(15-19(25)23-18-10-6-5-9-17(18)2)20(26)14-21(16-22)11-7-4-8-12-21;/h5-6,9-10H,3-4,7-8,11-16,22H2,1-2H3,(H,23,25);1H. The third-order valence-electron chi connectivity index (χ3n) is 5.47. The van der Waals surface area contributed by atoms with E-state index >= 15 is 0 Å². The zero-order chi connectivity index (χ0) is 19.0. The minimum atomic E-state index is -0.147. The highest BCUT2D eigenvalue weighted by Crippen LogP contribution is 2.38. The summed E-state index contributed by atoms with van der Waals surface area (Å²) in [6.07, 6.45) is 6.85. The molecule has 1 aromatic carbocycles. The number of nitrogens with one attached hydrogen (secondary N) is 1. The van der Waals surface area contributed by atoms with Gasteiger partial charge in [-0.2, -0.15) is 0 Å². The number of amides is 2. The van der Waals surface area contributed by atoms with E-state index in [4.69, 9.17) is 5.73 Å². The SMILES string of the molecule is CCCN(CC(=O)Nc1ccccc1C)C(=O)CC1(CN)CCCCC1.Cl. The number of benzene rings is 1. The summed E-state index contributed by atoms with van der Waals surface area (Å²) in [5.74, 6) is -0.0920. The highest BCUT2D eigenvalue weighted by Gasteiger charge is 2.34. The van der Waals surface area contributed by atoms with E-state index in [1.807, 2.05) is 38.1 Å². The largest absolute Gasteiger partial charge is 0.333 e. The van der Waals surface area contributed by atoms with Gasteiger partial charge in [-0.25, -0.2) is 0 Å². The number of carbonyl (C=O) groups excluding carboxylic acids is 2. The van der Waals surface area contributed by atoms with E-state index in [1.165, 1.54) is 6.42 Å². The van der Waals surface area contributed by atoms with Crippen LogP contribution in [0.5, 0.6) is 0 Å². The Kier molecular flexibility index (Phi) is 9.81. The molecule has 0 aromatic heterocycles. The molecule has 1 saturated carbocycles. The molecular formula is C21H34ClN3O2. The number of hydrogen-bond donors (Lipinski definition) is 2. The van der Waals surface area contributed by atoms with Crippen LogP contribution in [0.4, 0.5) is 5.69 Å². The van der Waals surface area contributed by atoms with E-state index in [0.29, 0.717) is 19.5 Å². The van der Waals surface area contributed by atoms with Crippen molar-refractivity contribution in [3.63, 3.8) is 0 Å². The van der Waals surface area contributed by atoms with E-state index in [2.05, 4.69) is 5.32 Å². The van der Waals surface area contributed by atoms with Gasteiger partial charge in [0.05, 0.1) is 6.54 Å². The summed E-state index contributed by atoms with van der Waals surface area (Å²) in [6, 6.07) is 7.67. The minimum Gasteiger partial charge on any atom is -0.333 e. The molecule has 0 bridgehead atoms. The lowest BCUT2D eigenvalue weighted by molar-refractivity contribution is -0.137. The fourth-order valence-electron chi connectivity index (χ4n) is 3.83. The fraction of sp³-hybridized carbons (Fsp3) is 0.619. The molecule has 0 unspecified atom stereocenters. The summed E-state index contributed by atoms with van der Waals surface area (Å²) in [6.45, 7) is 5.23. The Morgan fingerprint density at radius 3 is 2.44 bits per heavy atom. The van der Waals surface area contributed by atoms with E-state index in [9.17, 15) is 9.59 Å². The van der Waals surface area contributed by atoms with Gasteiger partial charge < -0.3 is 16.0 Å². The monoisotopic (exact) mass is 395 g/mol. The van der Waals surface area contributed by atoms with E-state index in [1.54, 1.807) is 4.90 Å². The maximum Gasteiger partial charge on any atom is 0.244 e. The summed E-state index contributed by atoms with van der Waals surface area (Å²) in [4.78, 5) is 27.1. The van der Waals surface area contributed by atoms with E-state index < -0.39 is 0 Å². The average molecular weight is 396 g/mol. The molecule has 2 amide bonds. The molecule has 152 valence electrons. The second-order valence-electron chi connectivity index (χ2n) is 7.62. The molecule has 0 radical (unpaired) electrons. The number of nitrogens with zero attached hydrogens (tertiary/aromatic N) is 1. The summed E-state index contributed by atoms with van der Waals surface area (Å²) in [5.41, 5.74) is 7.77. The normalized spacial score (nSPS) is 15.5. The van der Waals surface area contributed by atoms with Crippen LogP contribution in [0.2, 0.25) is 0 Å². The van der Waals surface area contributed by atoms with E-state index in [0.717, 1.165) is 43.4 Å². The van der Waals surface area contributed by atoms with Crippen molar-refractivity contribution in [3.8, 4) is 0 Å². The molecule has 1 fully saturated rings.